The minimum Gasteiger partial charge on any atom is -0.384 e. The van der Waals surface area contributed by atoms with Crippen LogP contribution in [-0.4, -0.2) is 27.9 Å². The molecule has 0 saturated heterocycles. The molecule has 1 aliphatic carbocycles. The molecule has 1 aromatic rings. The second-order valence-corrected chi connectivity index (χ2v) is 5.97. The fraction of sp³-hybridized carbons (Fsp3) is 0.538. The van der Waals surface area contributed by atoms with Gasteiger partial charge >= 0.3 is 0 Å². The fourth-order valence-electron chi connectivity index (χ4n) is 2.32. The number of pyridine rings is 1. The van der Waals surface area contributed by atoms with E-state index < -0.39 is 0 Å². The Bertz CT molecular complexity index is 424. The Morgan fingerprint density at radius 2 is 2.39 bits per heavy atom. The van der Waals surface area contributed by atoms with Crippen LogP contribution in [0, 0.1) is 0 Å². The van der Waals surface area contributed by atoms with Crippen molar-refractivity contribution in [3.63, 3.8) is 0 Å². The van der Waals surface area contributed by atoms with Crippen LogP contribution in [0.1, 0.15) is 36.7 Å². The second-order valence-electron chi connectivity index (χ2n) is 4.45. The maximum Gasteiger partial charge on any atom is 0.270 e. The topological polar surface area (TPSA) is 68.0 Å². The van der Waals surface area contributed by atoms with E-state index in [-0.39, 0.29) is 11.9 Å². The average molecular weight is 265 g/mol. The summed E-state index contributed by atoms with van der Waals surface area (Å²) in [5.74, 6) is 1.36. The van der Waals surface area contributed by atoms with E-state index in [2.05, 4.69) is 17.2 Å². The van der Waals surface area contributed by atoms with Crippen molar-refractivity contribution in [3.8, 4) is 0 Å². The molecule has 18 heavy (non-hydrogen) atoms. The van der Waals surface area contributed by atoms with E-state index in [0.717, 1.165) is 12.2 Å². The molecule has 1 heterocycles. The molecule has 0 radical (unpaired) electrons. The first-order valence-corrected chi connectivity index (χ1v) is 7.40. The highest BCUT2D eigenvalue weighted by molar-refractivity contribution is 7.99. The summed E-state index contributed by atoms with van der Waals surface area (Å²) in [5.41, 5.74) is 5.99. The van der Waals surface area contributed by atoms with Crippen LogP contribution in [0.3, 0.4) is 0 Å². The summed E-state index contributed by atoms with van der Waals surface area (Å²) in [6.07, 6.45) is 3.44. The van der Waals surface area contributed by atoms with Gasteiger partial charge in [0.15, 0.2) is 0 Å². The Morgan fingerprint density at radius 3 is 3.11 bits per heavy atom. The zero-order valence-corrected chi connectivity index (χ0v) is 11.4. The van der Waals surface area contributed by atoms with Gasteiger partial charge in [-0.05, 0) is 30.7 Å². The standard InChI is InChI=1S/C13H19N3OS/c1-2-18-11-7-3-5-9(11)16-13(17)10-6-4-8-12(14)15-10/h4,6,8-9,11H,2-3,5,7H2,1H3,(H2,14,15)(H,16,17). The predicted octanol–water partition coefficient (Wildman–Crippen LogP) is 2.07. The number of carbonyl (C=O) groups is 1. The van der Waals surface area contributed by atoms with Crippen LogP contribution in [-0.2, 0) is 0 Å². The number of aromatic nitrogens is 1. The smallest absolute Gasteiger partial charge is 0.270 e. The molecule has 3 N–H and O–H groups in total. The molecule has 2 atom stereocenters. The summed E-state index contributed by atoms with van der Waals surface area (Å²) in [7, 11) is 0. The molecule has 98 valence electrons. The summed E-state index contributed by atoms with van der Waals surface area (Å²) in [6.45, 7) is 2.15. The molecule has 0 aromatic carbocycles. The molecular weight excluding hydrogens is 246 g/mol. The predicted molar refractivity (Wildman–Crippen MR) is 75.7 cm³/mol. The SMILES string of the molecule is CCSC1CCCC1NC(=O)c1cccc(N)n1. The number of anilines is 1. The molecule has 1 saturated carbocycles. The van der Waals surface area contributed by atoms with Gasteiger partial charge in [-0.2, -0.15) is 11.8 Å². The van der Waals surface area contributed by atoms with Crippen molar-refractivity contribution in [2.45, 2.75) is 37.5 Å². The van der Waals surface area contributed by atoms with Gasteiger partial charge in [0.25, 0.3) is 5.91 Å². The summed E-state index contributed by atoms with van der Waals surface area (Å²) in [4.78, 5) is 16.1. The summed E-state index contributed by atoms with van der Waals surface area (Å²) in [5, 5.41) is 3.62. The normalized spacial score (nSPS) is 22.9. The largest absolute Gasteiger partial charge is 0.384 e. The number of nitrogens with one attached hydrogen (secondary N) is 1. The number of hydrogen-bond acceptors (Lipinski definition) is 4. The molecule has 1 fully saturated rings. The van der Waals surface area contributed by atoms with Gasteiger partial charge in [0, 0.05) is 11.3 Å². The molecule has 0 bridgehead atoms. The number of hydrogen-bond donors (Lipinski definition) is 2. The lowest BCUT2D eigenvalue weighted by Gasteiger charge is -2.19. The highest BCUT2D eigenvalue weighted by Gasteiger charge is 2.28. The van der Waals surface area contributed by atoms with Crippen molar-refractivity contribution >= 4 is 23.5 Å². The van der Waals surface area contributed by atoms with Gasteiger partial charge in [-0.3, -0.25) is 4.79 Å². The molecule has 4 nitrogen and oxygen atoms in total. The molecule has 1 aliphatic rings. The summed E-state index contributed by atoms with van der Waals surface area (Å²) >= 11 is 1.93. The lowest BCUT2D eigenvalue weighted by molar-refractivity contribution is 0.0934. The first-order valence-electron chi connectivity index (χ1n) is 6.35. The lowest BCUT2D eigenvalue weighted by Crippen LogP contribution is -2.39. The number of nitrogen functional groups attached to an aromatic ring is 1. The van der Waals surface area contributed by atoms with Crippen molar-refractivity contribution in [1.82, 2.24) is 10.3 Å². The highest BCUT2D eigenvalue weighted by Crippen LogP contribution is 2.29. The fourth-order valence-corrected chi connectivity index (χ4v) is 3.52. The van der Waals surface area contributed by atoms with Gasteiger partial charge in [-0.15, -0.1) is 0 Å². The molecule has 1 aromatic heterocycles. The average Bonchev–Trinajstić information content (AvgIpc) is 2.77. The number of amides is 1. The van der Waals surface area contributed by atoms with Crippen molar-refractivity contribution in [1.29, 1.82) is 0 Å². The Hall–Kier alpha value is -1.23. The zero-order chi connectivity index (χ0) is 13.0. The highest BCUT2D eigenvalue weighted by atomic mass is 32.2. The van der Waals surface area contributed by atoms with Gasteiger partial charge in [0.2, 0.25) is 0 Å². The Labute approximate surface area is 112 Å². The van der Waals surface area contributed by atoms with Crippen LogP contribution in [0.15, 0.2) is 18.2 Å². The molecule has 0 spiro atoms. The Morgan fingerprint density at radius 1 is 1.56 bits per heavy atom. The Kier molecular flexibility index (Phi) is 4.47. The van der Waals surface area contributed by atoms with Crippen LogP contribution >= 0.6 is 11.8 Å². The van der Waals surface area contributed by atoms with Crippen molar-refractivity contribution in [2.75, 3.05) is 11.5 Å². The zero-order valence-electron chi connectivity index (χ0n) is 10.6. The Balaban J connectivity index is 1.98. The van der Waals surface area contributed by atoms with Crippen molar-refractivity contribution < 1.29 is 4.79 Å². The van der Waals surface area contributed by atoms with E-state index in [0.29, 0.717) is 16.8 Å². The third-order valence-corrected chi connectivity index (χ3v) is 4.48. The van der Waals surface area contributed by atoms with Gasteiger partial charge in [0.1, 0.15) is 11.5 Å². The van der Waals surface area contributed by atoms with Gasteiger partial charge < -0.3 is 11.1 Å². The van der Waals surface area contributed by atoms with Gasteiger partial charge in [0.05, 0.1) is 0 Å². The maximum atomic E-state index is 12.1. The van der Waals surface area contributed by atoms with E-state index in [1.807, 2.05) is 11.8 Å². The third kappa shape index (κ3) is 3.16. The second kappa shape index (κ2) is 6.09. The van der Waals surface area contributed by atoms with E-state index in [1.165, 1.54) is 12.8 Å². The molecular formula is C13H19N3OS. The summed E-state index contributed by atoms with van der Waals surface area (Å²) < 4.78 is 0. The summed E-state index contributed by atoms with van der Waals surface area (Å²) in [6, 6.07) is 5.40. The minimum atomic E-state index is -0.115. The maximum absolute atomic E-state index is 12.1. The van der Waals surface area contributed by atoms with Crippen molar-refractivity contribution in [3.05, 3.63) is 23.9 Å². The first kappa shape index (κ1) is 13.2. The van der Waals surface area contributed by atoms with E-state index in [1.54, 1.807) is 18.2 Å². The van der Waals surface area contributed by atoms with Gasteiger partial charge in [-0.25, -0.2) is 4.98 Å². The van der Waals surface area contributed by atoms with Crippen molar-refractivity contribution in [2.24, 2.45) is 0 Å². The van der Waals surface area contributed by atoms with E-state index >= 15 is 0 Å². The molecule has 2 unspecified atom stereocenters. The van der Waals surface area contributed by atoms with Crippen LogP contribution < -0.4 is 11.1 Å². The van der Waals surface area contributed by atoms with E-state index in [4.69, 9.17) is 5.73 Å². The van der Waals surface area contributed by atoms with Gasteiger partial charge in [-0.1, -0.05) is 19.4 Å². The molecule has 2 rings (SSSR count). The van der Waals surface area contributed by atoms with E-state index in [9.17, 15) is 4.79 Å². The lowest BCUT2D eigenvalue weighted by atomic mass is 10.2. The number of nitrogens with two attached hydrogens (primary N) is 1. The van der Waals surface area contributed by atoms with Crippen LogP contribution in [0.2, 0.25) is 0 Å². The number of thioether (sulfide) groups is 1. The molecule has 5 heteroatoms. The number of rotatable bonds is 4. The van der Waals surface area contributed by atoms with Crippen LogP contribution in [0.25, 0.3) is 0 Å². The quantitative estimate of drug-likeness (QED) is 0.874. The number of nitrogens with zero attached hydrogens (tertiary/aromatic N) is 1. The molecule has 1 amide bonds. The van der Waals surface area contributed by atoms with Crippen LogP contribution in [0.5, 0.6) is 0 Å². The molecule has 0 aliphatic heterocycles. The first-order chi connectivity index (χ1) is 8.70. The minimum absolute atomic E-state index is 0.115. The number of carbonyl (C=O) groups excluding carboxylic acids is 1. The third-order valence-electron chi connectivity index (χ3n) is 3.15. The monoisotopic (exact) mass is 265 g/mol. The van der Waals surface area contributed by atoms with Crippen LogP contribution in [0.4, 0.5) is 5.82 Å².